The fourth-order valence-corrected chi connectivity index (χ4v) is 4.32. The summed E-state index contributed by atoms with van der Waals surface area (Å²) in [5, 5.41) is 2.32. The van der Waals surface area contributed by atoms with Crippen LogP contribution in [0.4, 0.5) is 5.69 Å². The van der Waals surface area contributed by atoms with Gasteiger partial charge in [0.2, 0.25) is 17.7 Å². The van der Waals surface area contributed by atoms with Crippen LogP contribution in [0.3, 0.4) is 0 Å². The zero-order valence-corrected chi connectivity index (χ0v) is 17.1. The number of methoxy groups -OCH3 is 1. The Kier molecular flexibility index (Phi) is 5.72. The largest absolute Gasteiger partial charge is 0.384 e. The molecule has 1 aromatic rings. The lowest BCUT2D eigenvalue weighted by molar-refractivity contribution is -0.137. The molecule has 1 unspecified atom stereocenters. The summed E-state index contributed by atoms with van der Waals surface area (Å²) < 4.78 is 4.98. The molecule has 0 bridgehead atoms. The topological polar surface area (TPSA) is 99.3 Å². The number of benzene rings is 1. The third kappa shape index (κ3) is 3.89. The quantitative estimate of drug-likeness (QED) is 0.688. The summed E-state index contributed by atoms with van der Waals surface area (Å²) in [6.07, 6.45) is 0.999. The highest BCUT2D eigenvalue weighted by molar-refractivity contribution is 6.05. The maximum atomic E-state index is 12.8. The molecule has 30 heavy (non-hydrogen) atoms. The van der Waals surface area contributed by atoms with Crippen molar-refractivity contribution in [1.82, 2.24) is 15.1 Å². The maximum absolute atomic E-state index is 12.8. The minimum Gasteiger partial charge on any atom is -0.384 e. The number of rotatable bonds is 5. The van der Waals surface area contributed by atoms with Gasteiger partial charge in [-0.1, -0.05) is 0 Å². The molecule has 9 heteroatoms. The van der Waals surface area contributed by atoms with Gasteiger partial charge in [-0.15, -0.1) is 0 Å². The molecule has 0 aliphatic carbocycles. The van der Waals surface area contributed by atoms with Crippen LogP contribution in [0.5, 0.6) is 0 Å². The standard InChI is InChI=1S/C21H26N4O5/c1-30-11-6-19(27)24-9-7-23(8-10-24)15-2-3-16-14(12-15)13-25(21(16)29)17-4-5-18(26)22-20(17)28/h2-3,12,17H,4-11,13H2,1H3,(H,22,26,28). The molecule has 160 valence electrons. The Morgan fingerprint density at radius 3 is 2.63 bits per heavy atom. The van der Waals surface area contributed by atoms with Crippen LogP contribution in [0.25, 0.3) is 0 Å². The number of anilines is 1. The number of hydrogen-bond donors (Lipinski definition) is 1. The summed E-state index contributed by atoms with van der Waals surface area (Å²) in [5.41, 5.74) is 2.51. The van der Waals surface area contributed by atoms with Gasteiger partial charge >= 0.3 is 0 Å². The Bertz CT molecular complexity index is 878. The Labute approximate surface area is 174 Å². The minimum absolute atomic E-state index is 0.107. The van der Waals surface area contributed by atoms with Crippen LogP contribution in [0.15, 0.2) is 18.2 Å². The number of fused-ring (bicyclic) bond motifs is 1. The fraction of sp³-hybridized carbons (Fsp3) is 0.524. The lowest BCUT2D eigenvalue weighted by Crippen LogP contribution is -2.52. The van der Waals surface area contributed by atoms with Crippen LogP contribution in [0.2, 0.25) is 0 Å². The first-order chi connectivity index (χ1) is 14.5. The highest BCUT2D eigenvalue weighted by atomic mass is 16.5. The molecule has 2 fully saturated rings. The second kappa shape index (κ2) is 8.43. The van der Waals surface area contributed by atoms with E-state index in [4.69, 9.17) is 4.74 Å². The van der Waals surface area contributed by atoms with E-state index in [9.17, 15) is 19.2 Å². The van der Waals surface area contributed by atoms with Crippen LogP contribution in [0, 0.1) is 0 Å². The Hall–Kier alpha value is -2.94. The highest BCUT2D eigenvalue weighted by Crippen LogP contribution is 2.30. The third-order valence-electron chi connectivity index (χ3n) is 6.02. The van der Waals surface area contributed by atoms with Gasteiger partial charge in [-0.25, -0.2) is 0 Å². The van der Waals surface area contributed by atoms with Gasteiger partial charge in [0.05, 0.1) is 13.0 Å². The molecule has 1 aromatic carbocycles. The summed E-state index contributed by atoms with van der Waals surface area (Å²) in [7, 11) is 1.59. The van der Waals surface area contributed by atoms with E-state index in [-0.39, 0.29) is 24.1 Å². The second-order valence-corrected chi connectivity index (χ2v) is 7.85. The van der Waals surface area contributed by atoms with E-state index in [1.807, 2.05) is 23.1 Å². The molecule has 3 aliphatic heterocycles. The van der Waals surface area contributed by atoms with Crippen molar-refractivity contribution >= 4 is 29.3 Å². The van der Waals surface area contributed by atoms with Gasteiger partial charge in [0.15, 0.2) is 0 Å². The molecule has 2 saturated heterocycles. The number of nitrogens with zero attached hydrogens (tertiary/aromatic N) is 3. The first-order valence-electron chi connectivity index (χ1n) is 10.3. The normalized spacial score (nSPS) is 21.7. The smallest absolute Gasteiger partial charge is 0.255 e. The lowest BCUT2D eigenvalue weighted by Gasteiger charge is -2.36. The van der Waals surface area contributed by atoms with Crippen molar-refractivity contribution < 1.29 is 23.9 Å². The first-order valence-corrected chi connectivity index (χ1v) is 10.3. The number of nitrogens with one attached hydrogen (secondary N) is 1. The van der Waals surface area contributed by atoms with Gasteiger partial charge in [0.1, 0.15) is 6.04 Å². The first kappa shape index (κ1) is 20.3. The van der Waals surface area contributed by atoms with Crippen LogP contribution in [-0.2, 0) is 25.7 Å². The average Bonchev–Trinajstić information content (AvgIpc) is 3.07. The molecule has 1 atom stereocenters. The van der Waals surface area contributed by atoms with Gasteiger partial charge in [-0.05, 0) is 30.2 Å². The summed E-state index contributed by atoms with van der Waals surface area (Å²) in [6, 6.07) is 5.14. The lowest BCUT2D eigenvalue weighted by atomic mass is 10.0. The number of carbonyl (C=O) groups is 4. The molecule has 0 aromatic heterocycles. The monoisotopic (exact) mass is 414 g/mol. The van der Waals surface area contributed by atoms with Crippen molar-refractivity contribution in [1.29, 1.82) is 0 Å². The summed E-state index contributed by atoms with van der Waals surface area (Å²) in [4.78, 5) is 54.2. The van der Waals surface area contributed by atoms with Crippen molar-refractivity contribution in [3.63, 3.8) is 0 Å². The van der Waals surface area contributed by atoms with E-state index in [0.29, 0.717) is 44.6 Å². The van der Waals surface area contributed by atoms with Gasteiger partial charge in [0.25, 0.3) is 5.91 Å². The number of carbonyl (C=O) groups excluding carboxylic acids is 4. The van der Waals surface area contributed by atoms with Gasteiger partial charge in [-0.3, -0.25) is 24.5 Å². The molecule has 0 radical (unpaired) electrons. The number of piperidine rings is 1. The highest BCUT2D eigenvalue weighted by Gasteiger charge is 2.39. The summed E-state index contributed by atoms with van der Waals surface area (Å²) >= 11 is 0. The maximum Gasteiger partial charge on any atom is 0.255 e. The van der Waals surface area contributed by atoms with Crippen LogP contribution in [0.1, 0.15) is 35.2 Å². The molecule has 3 aliphatic rings. The molecular formula is C21H26N4O5. The van der Waals surface area contributed by atoms with Gasteiger partial charge in [-0.2, -0.15) is 0 Å². The summed E-state index contributed by atoms with van der Waals surface area (Å²) in [5.74, 6) is -0.750. The third-order valence-corrected chi connectivity index (χ3v) is 6.02. The molecule has 0 spiro atoms. The molecule has 4 rings (SSSR count). The SMILES string of the molecule is COCCC(=O)N1CCN(c2ccc3c(c2)CN(C2CCC(=O)NC2=O)C3=O)CC1. The van der Waals surface area contributed by atoms with E-state index >= 15 is 0 Å². The van der Waals surface area contributed by atoms with E-state index in [0.717, 1.165) is 24.3 Å². The zero-order valence-electron chi connectivity index (χ0n) is 17.1. The molecule has 9 nitrogen and oxygen atoms in total. The number of imide groups is 1. The molecule has 3 heterocycles. The Morgan fingerprint density at radius 1 is 1.17 bits per heavy atom. The van der Waals surface area contributed by atoms with Gasteiger partial charge in [0, 0.05) is 57.5 Å². The molecule has 0 saturated carbocycles. The predicted molar refractivity (Wildman–Crippen MR) is 108 cm³/mol. The van der Waals surface area contributed by atoms with Crippen molar-refractivity contribution in [2.45, 2.75) is 31.8 Å². The predicted octanol–water partition coefficient (Wildman–Crippen LogP) is 0.133. The van der Waals surface area contributed by atoms with E-state index < -0.39 is 11.9 Å². The van der Waals surface area contributed by atoms with E-state index in [2.05, 4.69) is 10.2 Å². The number of piperazine rings is 1. The second-order valence-electron chi connectivity index (χ2n) is 7.85. The molecular weight excluding hydrogens is 388 g/mol. The van der Waals surface area contributed by atoms with E-state index in [1.54, 1.807) is 12.0 Å². The van der Waals surface area contributed by atoms with Crippen molar-refractivity contribution in [2.24, 2.45) is 0 Å². The fourth-order valence-electron chi connectivity index (χ4n) is 4.32. The average molecular weight is 414 g/mol. The number of ether oxygens (including phenoxy) is 1. The number of hydrogen-bond acceptors (Lipinski definition) is 6. The van der Waals surface area contributed by atoms with E-state index in [1.165, 1.54) is 0 Å². The molecule has 1 N–H and O–H groups in total. The Balaban J connectivity index is 1.41. The molecule has 4 amide bonds. The minimum atomic E-state index is -0.604. The Morgan fingerprint density at radius 2 is 1.93 bits per heavy atom. The zero-order chi connectivity index (χ0) is 21.3. The van der Waals surface area contributed by atoms with Crippen molar-refractivity contribution in [3.8, 4) is 0 Å². The van der Waals surface area contributed by atoms with Crippen LogP contribution < -0.4 is 10.2 Å². The van der Waals surface area contributed by atoms with Crippen LogP contribution in [-0.4, -0.2) is 79.4 Å². The van der Waals surface area contributed by atoms with Crippen molar-refractivity contribution in [2.75, 3.05) is 44.8 Å². The summed E-state index contributed by atoms with van der Waals surface area (Å²) in [6.45, 7) is 3.55. The van der Waals surface area contributed by atoms with Gasteiger partial charge < -0.3 is 19.4 Å². The van der Waals surface area contributed by atoms with Crippen molar-refractivity contribution in [3.05, 3.63) is 29.3 Å². The van der Waals surface area contributed by atoms with Crippen LogP contribution >= 0.6 is 0 Å². The number of amides is 4.